The quantitative estimate of drug-likeness (QED) is 0.625. The van der Waals surface area contributed by atoms with Crippen molar-refractivity contribution in [3.8, 4) is 11.5 Å². The Labute approximate surface area is 161 Å². The van der Waals surface area contributed by atoms with Crippen LogP contribution in [0, 0.1) is 0 Å². The summed E-state index contributed by atoms with van der Waals surface area (Å²) in [6.07, 6.45) is 3.64. The van der Waals surface area contributed by atoms with Gasteiger partial charge in [0.15, 0.2) is 18.1 Å². The maximum atomic E-state index is 12.0. The normalized spacial score (nSPS) is 13.1. The fraction of sp³-hybridized carbons (Fsp3) is 0.200. The summed E-state index contributed by atoms with van der Waals surface area (Å²) < 4.78 is 16.0. The van der Waals surface area contributed by atoms with Gasteiger partial charge in [-0.1, -0.05) is 23.7 Å². The van der Waals surface area contributed by atoms with Gasteiger partial charge in [0.1, 0.15) is 0 Å². The van der Waals surface area contributed by atoms with E-state index < -0.39 is 18.5 Å². The van der Waals surface area contributed by atoms with Crippen LogP contribution in [-0.4, -0.2) is 31.7 Å². The SMILES string of the molecule is O=C(COC(=O)/C=C/c1ccc(Cl)cc1)Nc1ccc2c(c1)OCCCO2. The number of amides is 1. The number of halogens is 1. The standard InChI is InChI=1S/C20H18ClNO5/c21-15-5-2-14(3-6-15)4-9-20(24)27-13-19(23)22-16-7-8-17-18(12-16)26-11-1-10-25-17/h2-9,12H,1,10-11,13H2,(H,22,23)/b9-4+. The lowest BCUT2D eigenvalue weighted by Crippen LogP contribution is -2.20. The monoisotopic (exact) mass is 387 g/mol. The number of hydrogen-bond donors (Lipinski definition) is 1. The van der Waals surface area contributed by atoms with Gasteiger partial charge >= 0.3 is 5.97 Å². The van der Waals surface area contributed by atoms with Gasteiger partial charge in [-0.3, -0.25) is 4.79 Å². The third-order valence-corrected chi connectivity index (χ3v) is 3.91. The molecule has 2 aromatic rings. The van der Waals surface area contributed by atoms with Crippen LogP contribution in [0.3, 0.4) is 0 Å². The Morgan fingerprint density at radius 1 is 1.07 bits per heavy atom. The maximum absolute atomic E-state index is 12.0. The van der Waals surface area contributed by atoms with Crippen molar-refractivity contribution >= 4 is 35.2 Å². The number of anilines is 1. The van der Waals surface area contributed by atoms with Crippen LogP contribution >= 0.6 is 11.6 Å². The fourth-order valence-corrected chi connectivity index (χ4v) is 2.49. The van der Waals surface area contributed by atoms with Crippen molar-refractivity contribution in [3.05, 3.63) is 59.1 Å². The second-order valence-electron chi connectivity index (χ2n) is 5.75. The summed E-state index contributed by atoms with van der Waals surface area (Å²) in [6.45, 7) is 0.762. The van der Waals surface area contributed by atoms with Crippen LogP contribution in [0.25, 0.3) is 6.08 Å². The van der Waals surface area contributed by atoms with Crippen LogP contribution in [0.1, 0.15) is 12.0 Å². The molecular formula is C20H18ClNO5. The Morgan fingerprint density at radius 2 is 1.81 bits per heavy atom. The van der Waals surface area contributed by atoms with E-state index in [-0.39, 0.29) is 0 Å². The fourth-order valence-electron chi connectivity index (χ4n) is 2.36. The van der Waals surface area contributed by atoms with Gasteiger partial charge in [0.25, 0.3) is 5.91 Å². The Morgan fingerprint density at radius 3 is 2.59 bits per heavy atom. The van der Waals surface area contributed by atoms with Crippen molar-refractivity contribution in [2.24, 2.45) is 0 Å². The van der Waals surface area contributed by atoms with Gasteiger partial charge in [-0.2, -0.15) is 0 Å². The van der Waals surface area contributed by atoms with E-state index in [2.05, 4.69) is 5.32 Å². The van der Waals surface area contributed by atoms with Gasteiger partial charge in [-0.05, 0) is 35.9 Å². The van der Waals surface area contributed by atoms with Gasteiger partial charge in [-0.15, -0.1) is 0 Å². The number of esters is 1. The van der Waals surface area contributed by atoms with Crippen molar-refractivity contribution in [1.29, 1.82) is 0 Å². The van der Waals surface area contributed by atoms with E-state index in [9.17, 15) is 9.59 Å². The topological polar surface area (TPSA) is 73.9 Å². The van der Waals surface area contributed by atoms with E-state index in [0.29, 0.717) is 35.4 Å². The zero-order valence-corrected chi connectivity index (χ0v) is 15.2. The van der Waals surface area contributed by atoms with Crippen LogP contribution in [0.15, 0.2) is 48.5 Å². The van der Waals surface area contributed by atoms with Crippen LogP contribution < -0.4 is 14.8 Å². The average Bonchev–Trinajstić information content (AvgIpc) is 2.91. The number of carbonyl (C=O) groups excluding carboxylic acids is 2. The molecule has 1 amide bonds. The van der Waals surface area contributed by atoms with E-state index in [1.165, 1.54) is 6.08 Å². The van der Waals surface area contributed by atoms with Crippen LogP contribution in [0.4, 0.5) is 5.69 Å². The van der Waals surface area contributed by atoms with E-state index in [1.807, 2.05) is 0 Å². The molecule has 6 nitrogen and oxygen atoms in total. The molecule has 0 unspecified atom stereocenters. The highest BCUT2D eigenvalue weighted by molar-refractivity contribution is 6.30. The molecule has 27 heavy (non-hydrogen) atoms. The summed E-state index contributed by atoms with van der Waals surface area (Å²) in [5.41, 5.74) is 1.34. The highest BCUT2D eigenvalue weighted by Gasteiger charge is 2.12. The van der Waals surface area contributed by atoms with Crippen LogP contribution in [-0.2, 0) is 14.3 Å². The second-order valence-corrected chi connectivity index (χ2v) is 6.19. The zero-order chi connectivity index (χ0) is 19.1. The third-order valence-electron chi connectivity index (χ3n) is 3.66. The lowest BCUT2D eigenvalue weighted by Gasteiger charge is -2.10. The predicted octanol–water partition coefficient (Wildman–Crippen LogP) is 3.70. The third kappa shape index (κ3) is 5.76. The molecule has 1 aliphatic heterocycles. The molecule has 0 bridgehead atoms. The van der Waals surface area contributed by atoms with Gasteiger partial charge in [0.05, 0.1) is 13.2 Å². The molecule has 0 aromatic heterocycles. The van der Waals surface area contributed by atoms with E-state index in [4.69, 9.17) is 25.8 Å². The van der Waals surface area contributed by atoms with Crippen molar-refractivity contribution in [2.45, 2.75) is 6.42 Å². The largest absolute Gasteiger partial charge is 0.490 e. The number of fused-ring (bicyclic) bond motifs is 1. The first-order valence-electron chi connectivity index (χ1n) is 8.40. The molecule has 0 aliphatic carbocycles. The summed E-state index contributed by atoms with van der Waals surface area (Å²) in [6, 6.07) is 12.1. The minimum Gasteiger partial charge on any atom is -0.490 e. The molecule has 0 atom stereocenters. The molecular weight excluding hydrogens is 370 g/mol. The number of benzene rings is 2. The average molecular weight is 388 g/mol. The van der Waals surface area contributed by atoms with Gasteiger partial charge in [0, 0.05) is 29.3 Å². The minimum atomic E-state index is -0.612. The lowest BCUT2D eigenvalue weighted by atomic mass is 10.2. The number of ether oxygens (including phenoxy) is 3. The Bertz CT molecular complexity index is 848. The summed E-state index contributed by atoms with van der Waals surface area (Å²) in [5, 5.41) is 3.27. The smallest absolute Gasteiger partial charge is 0.331 e. The minimum absolute atomic E-state index is 0.391. The Kier molecular flexibility index (Phi) is 6.33. The summed E-state index contributed by atoms with van der Waals surface area (Å²) >= 11 is 5.80. The van der Waals surface area contributed by atoms with Gasteiger partial charge < -0.3 is 19.5 Å². The molecule has 0 fully saturated rings. The molecule has 2 aromatic carbocycles. The van der Waals surface area contributed by atoms with Crippen molar-refractivity contribution in [1.82, 2.24) is 0 Å². The molecule has 7 heteroatoms. The number of carbonyl (C=O) groups is 2. The van der Waals surface area contributed by atoms with E-state index in [1.54, 1.807) is 48.5 Å². The van der Waals surface area contributed by atoms with E-state index >= 15 is 0 Å². The molecule has 1 heterocycles. The molecule has 3 rings (SSSR count). The maximum Gasteiger partial charge on any atom is 0.331 e. The number of rotatable bonds is 5. The molecule has 0 saturated heterocycles. The zero-order valence-electron chi connectivity index (χ0n) is 14.4. The summed E-state index contributed by atoms with van der Waals surface area (Å²) in [4.78, 5) is 23.7. The molecule has 140 valence electrons. The lowest BCUT2D eigenvalue weighted by molar-refractivity contribution is -0.142. The Hall–Kier alpha value is -2.99. The predicted molar refractivity (Wildman–Crippen MR) is 102 cm³/mol. The van der Waals surface area contributed by atoms with Crippen molar-refractivity contribution in [2.75, 3.05) is 25.1 Å². The first kappa shape index (κ1) is 18.8. The van der Waals surface area contributed by atoms with Crippen molar-refractivity contribution in [3.63, 3.8) is 0 Å². The highest BCUT2D eigenvalue weighted by Crippen LogP contribution is 2.32. The molecule has 0 saturated carbocycles. The molecule has 0 radical (unpaired) electrons. The molecule has 1 aliphatic rings. The van der Waals surface area contributed by atoms with Crippen molar-refractivity contribution < 1.29 is 23.8 Å². The molecule has 1 N–H and O–H groups in total. The second kappa shape index (κ2) is 9.09. The van der Waals surface area contributed by atoms with Gasteiger partial charge in [-0.25, -0.2) is 4.79 Å². The number of nitrogens with one attached hydrogen (secondary N) is 1. The molecule has 0 spiro atoms. The Balaban J connectivity index is 1.48. The van der Waals surface area contributed by atoms with E-state index in [0.717, 1.165) is 12.0 Å². The van der Waals surface area contributed by atoms with Crippen LogP contribution in [0.5, 0.6) is 11.5 Å². The number of hydrogen-bond acceptors (Lipinski definition) is 5. The summed E-state index contributed by atoms with van der Waals surface area (Å²) in [5.74, 6) is 0.161. The first-order chi connectivity index (χ1) is 13.1. The summed E-state index contributed by atoms with van der Waals surface area (Å²) in [7, 11) is 0. The highest BCUT2D eigenvalue weighted by atomic mass is 35.5. The first-order valence-corrected chi connectivity index (χ1v) is 8.78. The van der Waals surface area contributed by atoms with Crippen LogP contribution in [0.2, 0.25) is 5.02 Å². The van der Waals surface area contributed by atoms with Gasteiger partial charge in [0.2, 0.25) is 0 Å².